The van der Waals surface area contributed by atoms with Crippen LogP contribution in [0.5, 0.6) is 0 Å². The Bertz CT molecular complexity index is 1130. The van der Waals surface area contributed by atoms with Crippen LogP contribution in [0.25, 0.3) is 22.3 Å². The number of nitrogens with zero attached hydrogens (tertiary/aromatic N) is 2. The number of aryl methyl sites for hydroxylation is 1. The van der Waals surface area contributed by atoms with E-state index in [1.165, 1.54) is 22.3 Å². The van der Waals surface area contributed by atoms with Gasteiger partial charge in [-0.15, -0.1) is 0 Å². The summed E-state index contributed by atoms with van der Waals surface area (Å²) < 4.78 is 2.06. The molecule has 0 saturated heterocycles. The van der Waals surface area contributed by atoms with Crippen LogP contribution in [0.15, 0.2) is 78.9 Å². The van der Waals surface area contributed by atoms with Gasteiger partial charge in [-0.1, -0.05) is 104 Å². The number of rotatable bonds is 8. The summed E-state index contributed by atoms with van der Waals surface area (Å²) in [6, 6.07) is 27.6. The second kappa shape index (κ2) is 9.95. The molecular weight excluding hydrogens is 404 g/mol. The van der Waals surface area contributed by atoms with Crippen molar-refractivity contribution in [1.29, 1.82) is 0 Å². The van der Waals surface area contributed by atoms with E-state index >= 15 is 0 Å². The first-order valence-corrected chi connectivity index (χ1v) is 11.2. The molecule has 0 aliphatic heterocycles. The molecule has 1 aromatic heterocycles. The maximum absolute atomic E-state index is 9.80. The smallest absolute Gasteiger partial charge is 0.152 e. The van der Waals surface area contributed by atoms with Crippen molar-refractivity contribution in [2.75, 3.05) is 0 Å². The number of imidazole rings is 1. The highest BCUT2D eigenvalue weighted by atomic mass is 35.5. The highest BCUT2D eigenvalue weighted by molar-refractivity contribution is 6.30. The van der Waals surface area contributed by atoms with Gasteiger partial charge >= 0.3 is 0 Å². The third kappa shape index (κ3) is 4.73. The molecule has 31 heavy (non-hydrogen) atoms. The van der Waals surface area contributed by atoms with Gasteiger partial charge in [0.05, 0.1) is 12.3 Å². The Morgan fingerprint density at radius 2 is 1.45 bits per heavy atom. The number of aliphatic hydroxyl groups is 1. The minimum atomic E-state index is -0.111. The third-order valence-corrected chi connectivity index (χ3v) is 5.93. The van der Waals surface area contributed by atoms with Crippen LogP contribution in [0.4, 0.5) is 0 Å². The molecule has 0 saturated carbocycles. The van der Waals surface area contributed by atoms with Gasteiger partial charge in [0.25, 0.3) is 0 Å². The van der Waals surface area contributed by atoms with Gasteiger partial charge in [0.1, 0.15) is 5.82 Å². The number of aliphatic hydroxyl groups excluding tert-OH is 1. The lowest BCUT2D eigenvalue weighted by atomic mass is 9.94. The van der Waals surface area contributed by atoms with Crippen LogP contribution >= 0.6 is 11.6 Å². The number of hydrogen-bond acceptors (Lipinski definition) is 2. The van der Waals surface area contributed by atoms with Gasteiger partial charge in [0, 0.05) is 13.0 Å². The van der Waals surface area contributed by atoms with Crippen LogP contribution in [0.1, 0.15) is 36.8 Å². The van der Waals surface area contributed by atoms with Crippen molar-refractivity contribution >= 4 is 11.6 Å². The van der Waals surface area contributed by atoms with E-state index in [1.54, 1.807) is 0 Å². The number of unbranched alkanes of at least 4 members (excludes halogenated alkanes) is 1. The molecule has 4 heteroatoms. The number of halogens is 1. The van der Waals surface area contributed by atoms with Crippen molar-refractivity contribution < 1.29 is 5.11 Å². The number of benzene rings is 3. The summed E-state index contributed by atoms with van der Waals surface area (Å²) in [4.78, 5) is 4.49. The molecule has 0 amide bonds. The molecule has 0 atom stereocenters. The summed E-state index contributed by atoms with van der Waals surface area (Å²) in [5.41, 5.74) is 6.67. The molecule has 1 heterocycles. The molecule has 3 nitrogen and oxygen atoms in total. The van der Waals surface area contributed by atoms with Gasteiger partial charge in [0.15, 0.2) is 5.15 Å². The Morgan fingerprint density at radius 3 is 2.06 bits per heavy atom. The molecule has 3 aromatic carbocycles. The van der Waals surface area contributed by atoms with Crippen LogP contribution in [-0.4, -0.2) is 14.7 Å². The SMILES string of the molecule is CCCCc1nc(Cl)c(CO)n1Cc1ccc(-c2ccccc2-c2ccccc2)cc1. The lowest BCUT2D eigenvalue weighted by molar-refractivity contribution is 0.271. The Kier molecular flexibility index (Phi) is 6.86. The molecule has 0 radical (unpaired) electrons. The third-order valence-electron chi connectivity index (χ3n) is 5.62. The fraction of sp³-hybridized carbons (Fsp3) is 0.222. The van der Waals surface area contributed by atoms with Gasteiger partial charge in [-0.05, 0) is 34.2 Å². The summed E-state index contributed by atoms with van der Waals surface area (Å²) in [7, 11) is 0. The number of hydrogen-bond donors (Lipinski definition) is 1. The van der Waals surface area contributed by atoms with E-state index in [2.05, 4.69) is 89.3 Å². The van der Waals surface area contributed by atoms with Gasteiger partial charge in [-0.25, -0.2) is 4.98 Å². The van der Waals surface area contributed by atoms with Crippen LogP contribution in [0, 0.1) is 0 Å². The van der Waals surface area contributed by atoms with E-state index in [4.69, 9.17) is 11.6 Å². The van der Waals surface area contributed by atoms with E-state index in [0.717, 1.165) is 30.7 Å². The topological polar surface area (TPSA) is 38.1 Å². The Balaban J connectivity index is 1.63. The standard InChI is InChI=1S/C27H27ClN2O/c1-2-3-13-26-29-27(28)25(19-31)30(26)18-20-14-16-22(17-15-20)24-12-8-7-11-23(24)21-9-5-4-6-10-21/h4-12,14-17,31H,2-3,13,18-19H2,1H3. The largest absolute Gasteiger partial charge is 0.390 e. The zero-order valence-corrected chi connectivity index (χ0v) is 18.5. The lowest BCUT2D eigenvalue weighted by Crippen LogP contribution is -2.09. The van der Waals surface area contributed by atoms with E-state index in [9.17, 15) is 5.11 Å². The minimum absolute atomic E-state index is 0.111. The van der Waals surface area contributed by atoms with Gasteiger partial charge in [-0.2, -0.15) is 0 Å². The summed E-state index contributed by atoms with van der Waals surface area (Å²) in [6.45, 7) is 2.70. The van der Waals surface area contributed by atoms with Crippen LogP contribution in [0.3, 0.4) is 0 Å². The quantitative estimate of drug-likeness (QED) is 0.335. The lowest BCUT2D eigenvalue weighted by Gasteiger charge is -2.13. The van der Waals surface area contributed by atoms with Crippen molar-refractivity contribution in [3.05, 3.63) is 101 Å². The average Bonchev–Trinajstić information content (AvgIpc) is 3.12. The van der Waals surface area contributed by atoms with E-state index in [-0.39, 0.29) is 6.61 Å². The first-order valence-electron chi connectivity index (χ1n) is 10.8. The van der Waals surface area contributed by atoms with E-state index in [0.29, 0.717) is 17.4 Å². The average molecular weight is 431 g/mol. The van der Waals surface area contributed by atoms with E-state index < -0.39 is 0 Å². The minimum Gasteiger partial charge on any atom is -0.390 e. The van der Waals surface area contributed by atoms with Crippen LogP contribution < -0.4 is 0 Å². The molecule has 158 valence electrons. The van der Waals surface area contributed by atoms with Crippen molar-refractivity contribution in [1.82, 2.24) is 9.55 Å². The summed E-state index contributed by atoms with van der Waals surface area (Å²) in [5.74, 6) is 0.939. The zero-order valence-electron chi connectivity index (χ0n) is 17.8. The summed E-state index contributed by atoms with van der Waals surface area (Å²) in [5, 5.41) is 10.2. The molecule has 0 aliphatic rings. The van der Waals surface area contributed by atoms with Crippen molar-refractivity contribution in [2.45, 2.75) is 39.3 Å². The van der Waals surface area contributed by atoms with Crippen LogP contribution in [-0.2, 0) is 19.6 Å². The normalized spacial score (nSPS) is 11.1. The highest BCUT2D eigenvalue weighted by Crippen LogP contribution is 2.32. The fourth-order valence-corrected chi connectivity index (χ4v) is 4.20. The molecule has 0 bridgehead atoms. The monoisotopic (exact) mass is 430 g/mol. The summed E-state index contributed by atoms with van der Waals surface area (Å²) >= 11 is 6.28. The zero-order chi connectivity index (χ0) is 21.6. The molecule has 4 rings (SSSR count). The van der Waals surface area contributed by atoms with Crippen molar-refractivity contribution in [3.63, 3.8) is 0 Å². The Labute approximate surface area is 189 Å². The Morgan fingerprint density at radius 1 is 0.839 bits per heavy atom. The maximum atomic E-state index is 9.80. The first kappa shape index (κ1) is 21.4. The molecule has 0 fully saturated rings. The number of aromatic nitrogens is 2. The van der Waals surface area contributed by atoms with Gasteiger partial charge in [-0.3, -0.25) is 0 Å². The molecule has 0 aliphatic carbocycles. The maximum Gasteiger partial charge on any atom is 0.152 e. The van der Waals surface area contributed by atoms with Crippen LogP contribution in [0.2, 0.25) is 5.15 Å². The molecule has 1 N–H and O–H groups in total. The second-order valence-corrected chi connectivity index (χ2v) is 8.08. The Hall–Kier alpha value is -2.88. The second-order valence-electron chi connectivity index (χ2n) is 7.72. The van der Waals surface area contributed by atoms with Gasteiger partial charge < -0.3 is 9.67 Å². The predicted molar refractivity (Wildman–Crippen MR) is 128 cm³/mol. The van der Waals surface area contributed by atoms with Gasteiger partial charge in [0.2, 0.25) is 0 Å². The fourth-order valence-electron chi connectivity index (χ4n) is 3.94. The molecule has 0 spiro atoms. The van der Waals surface area contributed by atoms with E-state index in [1.807, 2.05) is 6.07 Å². The predicted octanol–water partition coefficient (Wildman–Crippen LogP) is 6.75. The highest BCUT2D eigenvalue weighted by Gasteiger charge is 2.15. The first-order chi connectivity index (χ1) is 15.2. The summed E-state index contributed by atoms with van der Waals surface area (Å²) in [6.07, 6.45) is 3.00. The molecule has 0 unspecified atom stereocenters. The van der Waals surface area contributed by atoms with Crippen molar-refractivity contribution in [3.8, 4) is 22.3 Å². The molecular formula is C27H27ClN2O. The van der Waals surface area contributed by atoms with Crippen molar-refractivity contribution in [2.24, 2.45) is 0 Å². The molecule has 4 aromatic rings.